The normalized spacial score (nSPS) is 11.5. The molecule has 2 aromatic carbocycles. The van der Waals surface area contributed by atoms with Crippen LogP contribution in [0.5, 0.6) is 17.2 Å². The molecule has 0 aliphatic rings. The van der Waals surface area contributed by atoms with Crippen LogP contribution in [0.4, 0.5) is 0 Å². The van der Waals surface area contributed by atoms with Crippen molar-refractivity contribution >= 4 is 5.91 Å². The Morgan fingerprint density at radius 1 is 1.00 bits per heavy atom. The van der Waals surface area contributed by atoms with E-state index < -0.39 is 6.10 Å². The highest BCUT2D eigenvalue weighted by Crippen LogP contribution is 2.27. The molecule has 0 aliphatic heterocycles. The lowest BCUT2D eigenvalue weighted by Gasteiger charge is -2.19. The van der Waals surface area contributed by atoms with E-state index in [9.17, 15) is 4.79 Å². The molecule has 0 saturated heterocycles. The van der Waals surface area contributed by atoms with Crippen molar-refractivity contribution in [3.8, 4) is 17.2 Å². The van der Waals surface area contributed by atoms with E-state index in [1.165, 1.54) is 0 Å². The summed E-state index contributed by atoms with van der Waals surface area (Å²) in [5.41, 5.74) is 1.16. The number of amides is 1. The van der Waals surface area contributed by atoms with E-state index in [4.69, 9.17) is 14.2 Å². The Hall–Kier alpha value is -2.69. The van der Waals surface area contributed by atoms with Gasteiger partial charge in [-0.15, -0.1) is 0 Å². The van der Waals surface area contributed by atoms with Crippen molar-refractivity contribution in [2.24, 2.45) is 0 Å². The molecule has 2 aromatic rings. The van der Waals surface area contributed by atoms with Gasteiger partial charge >= 0.3 is 0 Å². The van der Waals surface area contributed by atoms with Gasteiger partial charge in [0, 0.05) is 6.54 Å². The molecule has 5 nitrogen and oxygen atoms in total. The van der Waals surface area contributed by atoms with Crippen LogP contribution < -0.4 is 19.5 Å². The molecule has 1 atom stereocenters. The summed E-state index contributed by atoms with van der Waals surface area (Å²) in [6.07, 6.45) is 1.72. The number of benzene rings is 2. The van der Waals surface area contributed by atoms with Gasteiger partial charge in [-0.05, 0) is 49.9 Å². The molecule has 1 N–H and O–H groups in total. The van der Waals surface area contributed by atoms with Gasteiger partial charge in [-0.3, -0.25) is 4.79 Å². The average Bonchev–Trinajstić information content (AvgIpc) is 2.70. The minimum atomic E-state index is -0.544. The van der Waals surface area contributed by atoms with Crippen molar-refractivity contribution < 1.29 is 19.0 Å². The molecule has 0 radical (unpaired) electrons. The van der Waals surface area contributed by atoms with E-state index in [1.54, 1.807) is 13.2 Å². The van der Waals surface area contributed by atoms with E-state index in [-0.39, 0.29) is 5.91 Å². The molecule has 0 bridgehead atoms. The minimum Gasteiger partial charge on any atom is -0.494 e. The van der Waals surface area contributed by atoms with Crippen LogP contribution in [0.15, 0.2) is 48.5 Å². The fourth-order valence-electron chi connectivity index (χ4n) is 2.80. The van der Waals surface area contributed by atoms with Gasteiger partial charge < -0.3 is 19.5 Å². The largest absolute Gasteiger partial charge is 0.494 e. The fourth-order valence-corrected chi connectivity index (χ4v) is 2.80. The van der Waals surface area contributed by atoms with Crippen LogP contribution >= 0.6 is 0 Å². The Kier molecular flexibility index (Phi) is 8.49. The first-order valence-electron chi connectivity index (χ1n) is 9.47. The van der Waals surface area contributed by atoms with Gasteiger partial charge in [0.15, 0.2) is 17.6 Å². The van der Waals surface area contributed by atoms with Gasteiger partial charge in [-0.2, -0.15) is 0 Å². The summed E-state index contributed by atoms with van der Waals surface area (Å²) in [6.45, 7) is 5.14. The fraction of sp³-hybridized carbons (Fsp3) is 0.409. The molecular weight excluding hydrogens is 342 g/mol. The molecule has 146 valence electrons. The second kappa shape index (κ2) is 11.1. The van der Waals surface area contributed by atoms with E-state index in [2.05, 4.69) is 11.4 Å². The number of aryl methyl sites for hydroxylation is 1. The lowest BCUT2D eigenvalue weighted by Crippen LogP contribution is -2.38. The standard InChI is InChI=1S/C22H29NO4/c1-4-18(27-21-15-9-8-14-20(21)25-3)22(24)23-16-10-12-17-11-6-7-13-19(17)26-5-2/h6-9,11,13-15,18H,4-5,10,12,16H2,1-3H3,(H,23,24). The van der Waals surface area contributed by atoms with Gasteiger partial charge in [0.25, 0.3) is 5.91 Å². The van der Waals surface area contributed by atoms with Crippen molar-refractivity contribution in [2.45, 2.75) is 39.2 Å². The van der Waals surface area contributed by atoms with E-state index >= 15 is 0 Å². The molecule has 27 heavy (non-hydrogen) atoms. The van der Waals surface area contributed by atoms with Crippen LogP contribution in [0.3, 0.4) is 0 Å². The maximum absolute atomic E-state index is 12.5. The average molecular weight is 371 g/mol. The summed E-state index contributed by atoms with van der Waals surface area (Å²) in [7, 11) is 1.59. The van der Waals surface area contributed by atoms with Gasteiger partial charge in [0.05, 0.1) is 13.7 Å². The predicted molar refractivity (Wildman–Crippen MR) is 107 cm³/mol. The maximum Gasteiger partial charge on any atom is 0.261 e. The monoisotopic (exact) mass is 371 g/mol. The summed E-state index contributed by atoms with van der Waals surface area (Å²) in [4.78, 5) is 12.5. The first-order valence-corrected chi connectivity index (χ1v) is 9.47. The number of ether oxygens (including phenoxy) is 3. The zero-order valence-electron chi connectivity index (χ0n) is 16.4. The molecule has 0 aromatic heterocycles. The minimum absolute atomic E-state index is 0.110. The number of carbonyl (C=O) groups excluding carboxylic acids is 1. The van der Waals surface area contributed by atoms with Crippen molar-refractivity contribution in [3.63, 3.8) is 0 Å². The smallest absolute Gasteiger partial charge is 0.261 e. The highest BCUT2D eigenvalue weighted by Gasteiger charge is 2.19. The highest BCUT2D eigenvalue weighted by molar-refractivity contribution is 5.81. The quantitative estimate of drug-likeness (QED) is 0.607. The van der Waals surface area contributed by atoms with Crippen LogP contribution in [-0.2, 0) is 11.2 Å². The van der Waals surface area contributed by atoms with Crippen LogP contribution in [0.1, 0.15) is 32.3 Å². The third-order valence-corrected chi connectivity index (χ3v) is 4.20. The Balaban J connectivity index is 1.83. The molecule has 5 heteroatoms. The molecule has 0 saturated carbocycles. The van der Waals surface area contributed by atoms with E-state index in [0.29, 0.717) is 31.1 Å². The van der Waals surface area contributed by atoms with Crippen LogP contribution in [0.25, 0.3) is 0 Å². The van der Waals surface area contributed by atoms with Gasteiger partial charge in [-0.25, -0.2) is 0 Å². The summed E-state index contributed by atoms with van der Waals surface area (Å²) in [6, 6.07) is 15.4. The lowest BCUT2D eigenvalue weighted by atomic mass is 10.1. The third-order valence-electron chi connectivity index (χ3n) is 4.20. The highest BCUT2D eigenvalue weighted by atomic mass is 16.5. The predicted octanol–water partition coefficient (Wildman–Crippen LogP) is 4.00. The molecule has 0 spiro atoms. The van der Waals surface area contributed by atoms with E-state index in [0.717, 1.165) is 24.2 Å². The van der Waals surface area contributed by atoms with Crippen LogP contribution in [-0.4, -0.2) is 32.3 Å². The number of para-hydroxylation sites is 3. The van der Waals surface area contributed by atoms with E-state index in [1.807, 2.05) is 50.2 Å². The van der Waals surface area contributed by atoms with Gasteiger partial charge in [0.1, 0.15) is 5.75 Å². The number of carbonyl (C=O) groups is 1. The molecule has 0 heterocycles. The van der Waals surface area contributed by atoms with Crippen LogP contribution in [0.2, 0.25) is 0 Å². The zero-order valence-corrected chi connectivity index (χ0v) is 16.4. The molecular formula is C22H29NO4. The summed E-state index contributed by atoms with van der Waals surface area (Å²) in [5, 5.41) is 2.97. The Bertz CT molecular complexity index is 717. The molecule has 0 aliphatic carbocycles. The molecule has 1 unspecified atom stereocenters. The van der Waals surface area contributed by atoms with Crippen molar-refractivity contribution in [2.75, 3.05) is 20.3 Å². The topological polar surface area (TPSA) is 56.8 Å². The first-order chi connectivity index (χ1) is 13.2. The zero-order chi connectivity index (χ0) is 19.5. The Labute approximate surface area is 161 Å². The number of hydrogen-bond donors (Lipinski definition) is 1. The third kappa shape index (κ3) is 6.20. The van der Waals surface area contributed by atoms with Gasteiger partial charge in [-0.1, -0.05) is 37.3 Å². The summed E-state index contributed by atoms with van der Waals surface area (Å²) >= 11 is 0. The second-order valence-electron chi connectivity index (χ2n) is 6.10. The summed E-state index contributed by atoms with van der Waals surface area (Å²) < 4.78 is 16.8. The van der Waals surface area contributed by atoms with Crippen molar-refractivity contribution in [3.05, 3.63) is 54.1 Å². The number of nitrogens with one attached hydrogen (secondary N) is 1. The second-order valence-corrected chi connectivity index (χ2v) is 6.10. The van der Waals surface area contributed by atoms with Gasteiger partial charge in [0.2, 0.25) is 0 Å². The number of methoxy groups -OCH3 is 1. The lowest BCUT2D eigenvalue weighted by molar-refractivity contribution is -0.128. The SMILES string of the molecule is CCOc1ccccc1CCCNC(=O)C(CC)Oc1ccccc1OC. The van der Waals surface area contributed by atoms with Crippen LogP contribution in [0, 0.1) is 0 Å². The maximum atomic E-state index is 12.5. The van der Waals surface area contributed by atoms with Crippen molar-refractivity contribution in [1.82, 2.24) is 5.32 Å². The number of hydrogen-bond acceptors (Lipinski definition) is 4. The first kappa shape index (κ1) is 20.6. The Morgan fingerprint density at radius 3 is 2.33 bits per heavy atom. The summed E-state index contributed by atoms with van der Waals surface area (Å²) in [5.74, 6) is 2.00. The molecule has 1 amide bonds. The Morgan fingerprint density at radius 2 is 1.67 bits per heavy atom. The molecule has 0 fully saturated rings. The van der Waals surface area contributed by atoms with Crippen molar-refractivity contribution in [1.29, 1.82) is 0 Å². The molecule has 2 rings (SSSR count). The number of rotatable bonds is 11.